The van der Waals surface area contributed by atoms with E-state index in [2.05, 4.69) is 69.3 Å². The van der Waals surface area contributed by atoms with Crippen molar-refractivity contribution in [3.63, 3.8) is 0 Å². The Kier molecular flexibility index (Phi) is 3.07. The molecule has 33 heavy (non-hydrogen) atoms. The minimum atomic E-state index is -0.105. The van der Waals surface area contributed by atoms with Gasteiger partial charge in [-0.05, 0) is 57.9 Å². The van der Waals surface area contributed by atoms with Crippen molar-refractivity contribution < 1.29 is 0 Å². The number of rotatable bonds is 1. The SMILES string of the molecule is CC1(C)[C@H]2CC[C@]1(C)[C@H](n1c(=O)n3n(c1=O)[C@@H]1c4c(ccc5ccccc45)[C@@H]3[C@H]3C=C[C@@H]31)C2. The van der Waals surface area contributed by atoms with E-state index in [-0.39, 0.29) is 46.3 Å². The third-order valence-electron chi connectivity index (χ3n) is 11.0. The molecule has 168 valence electrons. The molecule has 0 radical (unpaired) electrons. The van der Waals surface area contributed by atoms with Gasteiger partial charge in [0.25, 0.3) is 0 Å². The average molecular weight is 440 g/mol. The van der Waals surface area contributed by atoms with Gasteiger partial charge in [0.1, 0.15) is 0 Å². The summed E-state index contributed by atoms with van der Waals surface area (Å²) in [7, 11) is 0. The highest BCUT2D eigenvalue weighted by atomic mass is 16.2. The first-order valence-corrected chi connectivity index (χ1v) is 12.5. The zero-order valence-electron chi connectivity index (χ0n) is 19.4. The number of fused-ring (bicyclic) bond motifs is 3. The van der Waals surface area contributed by atoms with Crippen molar-refractivity contribution in [1.82, 2.24) is 13.9 Å². The van der Waals surface area contributed by atoms with Gasteiger partial charge in [-0.1, -0.05) is 69.3 Å². The molecule has 4 bridgehead atoms. The molecule has 7 atom stereocenters. The summed E-state index contributed by atoms with van der Waals surface area (Å²) in [6.45, 7) is 7.01. The maximum absolute atomic E-state index is 14.1. The summed E-state index contributed by atoms with van der Waals surface area (Å²) >= 11 is 0. The monoisotopic (exact) mass is 439 g/mol. The van der Waals surface area contributed by atoms with Crippen molar-refractivity contribution >= 4 is 10.8 Å². The predicted molar refractivity (Wildman–Crippen MR) is 128 cm³/mol. The molecule has 3 heterocycles. The zero-order valence-corrected chi connectivity index (χ0v) is 19.4. The van der Waals surface area contributed by atoms with Crippen molar-refractivity contribution in [3.05, 3.63) is 80.6 Å². The van der Waals surface area contributed by atoms with Crippen LogP contribution in [0.2, 0.25) is 0 Å². The van der Waals surface area contributed by atoms with E-state index >= 15 is 0 Å². The number of aromatic nitrogens is 3. The number of benzene rings is 2. The highest BCUT2D eigenvalue weighted by Crippen LogP contribution is 2.69. The molecule has 1 aromatic heterocycles. The van der Waals surface area contributed by atoms with E-state index in [9.17, 15) is 9.59 Å². The molecule has 0 saturated heterocycles. The van der Waals surface area contributed by atoms with Crippen LogP contribution >= 0.6 is 0 Å². The van der Waals surface area contributed by atoms with Gasteiger partial charge in [0.05, 0.1) is 12.1 Å². The van der Waals surface area contributed by atoms with Crippen LogP contribution in [0.1, 0.15) is 69.3 Å². The minimum absolute atomic E-state index is 0.0123. The van der Waals surface area contributed by atoms with Crippen LogP contribution in [0.5, 0.6) is 0 Å². The normalized spacial score (nSPS) is 38.3. The first kappa shape index (κ1) is 18.6. The zero-order chi connectivity index (χ0) is 22.4. The average Bonchev–Trinajstić information content (AvgIpc) is 3.25. The highest BCUT2D eigenvalue weighted by Gasteiger charge is 2.63. The van der Waals surface area contributed by atoms with Gasteiger partial charge in [0.15, 0.2) is 0 Å². The fourth-order valence-electron chi connectivity index (χ4n) is 8.69. The van der Waals surface area contributed by atoms with Crippen LogP contribution in [0, 0.1) is 28.6 Å². The van der Waals surface area contributed by atoms with Gasteiger partial charge >= 0.3 is 11.4 Å². The molecule has 2 aliphatic heterocycles. The lowest BCUT2D eigenvalue weighted by molar-refractivity contribution is 0.103. The Morgan fingerprint density at radius 2 is 1.58 bits per heavy atom. The summed E-state index contributed by atoms with van der Waals surface area (Å²) < 4.78 is 5.38. The van der Waals surface area contributed by atoms with Crippen LogP contribution in [0.4, 0.5) is 0 Å². The smallest absolute Gasteiger partial charge is 0.246 e. The Morgan fingerprint density at radius 3 is 2.24 bits per heavy atom. The summed E-state index contributed by atoms with van der Waals surface area (Å²) in [5.41, 5.74) is 2.42. The van der Waals surface area contributed by atoms with E-state index in [1.165, 1.54) is 28.3 Å². The van der Waals surface area contributed by atoms with Crippen molar-refractivity contribution in [2.75, 3.05) is 0 Å². The predicted octanol–water partition coefficient (Wildman–Crippen LogP) is 4.66. The van der Waals surface area contributed by atoms with Gasteiger partial charge in [-0.3, -0.25) is 0 Å². The van der Waals surface area contributed by atoms with Crippen LogP contribution in [-0.4, -0.2) is 13.9 Å². The maximum Gasteiger partial charge on any atom is 0.348 e. The van der Waals surface area contributed by atoms with E-state index in [4.69, 9.17) is 0 Å². The molecule has 6 aliphatic rings. The molecule has 5 heteroatoms. The maximum atomic E-state index is 14.1. The Bertz CT molecular complexity index is 1530. The van der Waals surface area contributed by atoms with Crippen LogP contribution < -0.4 is 11.4 Å². The summed E-state index contributed by atoms with van der Waals surface area (Å²) in [5.74, 6) is 1.16. The van der Waals surface area contributed by atoms with Crippen LogP contribution in [0.15, 0.2) is 58.1 Å². The second-order valence-electron chi connectivity index (χ2n) is 12.0. The van der Waals surface area contributed by atoms with Crippen LogP contribution in [0.25, 0.3) is 10.8 Å². The molecule has 2 saturated carbocycles. The van der Waals surface area contributed by atoms with Gasteiger partial charge < -0.3 is 0 Å². The van der Waals surface area contributed by atoms with Gasteiger partial charge in [-0.25, -0.2) is 23.5 Å². The van der Waals surface area contributed by atoms with E-state index in [1.54, 1.807) is 4.57 Å². The van der Waals surface area contributed by atoms with E-state index < -0.39 is 0 Å². The molecular formula is C28H29N3O2. The summed E-state index contributed by atoms with van der Waals surface area (Å²) in [4.78, 5) is 28.2. The summed E-state index contributed by atoms with van der Waals surface area (Å²) in [6, 6.07) is 12.6. The van der Waals surface area contributed by atoms with Gasteiger partial charge in [-0.15, -0.1) is 0 Å². The lowest BCUT2D eigenvalue weighted by Gasteiger charge is -2.52. The highest BCUT2D eigenvalue weighted by molar-refractivity contribution is 5.88. The molecule has 0 N–H and O–H groups in total. The third-order valence-corrected chi connectivity index (χ3v) is 11.0. The second kappa shape index (κ2) is 5.45. The fraction of sp³-hybridized carbons (Fsp3) is 0.500. The molecule has 2 aromatic carbocycles. The third kappa shape index (κ3) is 1.81. The van der Waals surface area contributed by atoms with E-state index in [0.717, 1.165) is 12.8 Å². The van der Waals surface area contributed by atoms with Crippen LogP contribution in [-0.2, 0) is 0 Å². The topological polar surface area (TPSA) is 48.9 Å². The Morgan fingerprint density at radius 1 is 0.879 bits per heavy atom. The number of hydrogen-bond acceptors (Lipinski definition) is 2. The molecule has 0 unspecified atom stereocenters. The van der Waals surface area contributed by atoms with Crippen LogP contribution in [0.3, 0.4) is 0 Å². The molecular weight excluding hydrogens is 410 g/mol. The van der Waals surface area contributed by atoms with E-state index in [0.29, 0.717) is 11.8 Å². The summed E-state index contributed by atoms with van der Waals surface area (Å²) in [6.07, 6.45) is 7.75. The molecule has 9 rings (SSSR count). The number of hydrogen-bond donors (Lipinski definition) is 0. The van der Waals surface area contributed by atoms with Crippen molar-refractivity contribution in [2.45, 2.75) is 58.2 Å². The van der Waals surface area contributed by atoms with Crippen molar-refractivity contribution in [1.29, 1.82) is 0 Å². The van der Waals surface area contributed by atoms with Gasteiger partial charge in [-0.2, -0.15) is 0 Å². The second-order valence-corrected chi connectivity index (χ2v) is 12.0. The van der Waals surface area contributed by atoms with Gasteiger partial charge in [0.2, 0.25) is 0 Å². The first-order valence-electron chi connectivity index (χ1n) is 12.5. The lowest BCUT2D eigenvalue weighted by atomic mass is 9.62. The number of nitrogens with zero attached hydrogens (tertiary/aromatic N) is 3. The molecule has 2 fully saturated rings. The Balaban J connectivity index is 1.41. The lowest BCUT2D eigenvalue weighted by Crippen LogP contribution is -2.53. The first-order chi connectivity index (χ1) is 15.8. The fourth-order valence-corrected chi connectivity index (χ4v) is 8.69. The Hall–Kier alpha value is -2.82. The van der Waals surface area contributed by atoms with E-state index in [1.807, 2.05) is 9.36 Å². The van der Waals surface area contributed by atoms with Gasteiger partial charge in [0, 0.05) is 17.9 Å². The molecule has 0 amide bonds. The van der Waals surface area contributed by atoms with Crippen molar-refractivity contribution in [2.24, 2.45) is 28.6 Å². The number of allylic oxidation sites excluding steroid dienone is 2. The summed E-state index contributed by atoms with van der Waals surface area (Å²) in [5, 5.41) is 2.42. The standard InChI is InChI=1S/C28H29N3O2/c1-27(2)16-12-13-28(27,3)21(14-16)29-25(32)30-23-18-10-11-19(18)24(31(30)26(29)33)22-17-7-5-4-6-15(17)8-9-20(22)23/h4-11,16,18-19,21,23-24H,12-14H2,1-3H3/t16-,18-,19-,21+,23-,24-,28+/m0/s1. The minimum Gasteiger partial charge on any atom is -0.246 e. The quantitative estimate of drug-likeness (QED) is 0.518. The molecule has 5 nitrogen and oxygen atoms in total. The molecule has 4 aliphatic carbocycles. The molecule has 3 aromatic rings. The Labute approximate surface area is 192 Å². The largest absolute Gasteiger partial charge is 0.348 e. The molecule has 0 spiro atoms. The van der Waals surface area contributed by atoms with Crippen molar-refractivity contribution in [3.8, 4) is 0 Å².